The molecule has 1 heterocycles. The van der Waals surface area contributed by atoms with Gasteiger partial charge in [-0.05, 0) is 25.0 Å². The number of esters is 2. The Bertz CT molecular complexity index is 893. The van der Waals surface area contributed by atoms with Crippen molar-refractivity contribution in [1.29, 1.82) is 0 Å². The van der Waals surface area contributed by atoms with Gasteiger partial charge in [0, 0.05) is 13.8 Å². The smallest absolute Gasteiger partial charge is 0.383 e. The summed E-state index contributed by atoms with van der Waals surface area (Å²) in [7, 11) is 0. The van der Waals surface area contributed by atoms with Crippen LogP contribution < -0.4 is 19.8 Å². The number of ether oxygens (including phenoxy) is 3. The third-order valence-electron chi connectivity index (χ3n) is 3.24. The molecule has 1 aromatic heterocycles. The number of carbonyl (C=O) groups excluding carboxylic acids is 2. The van der Waals surface area contributed by atoms with Gasteiger partial charge in [-0.1, -0.05) is 25.1 Å². The van der Waals surface area contributed by atoms with Gasteiger partial charge in [0.05, 0.1) is 6.61 Å². The highest BCUT2D eigenvalue weighted by Crippen LogP contribution is 2.39. The standard InChI is InChI=1S/C19H20O7/c1-4-5-6-7-11-23-17-16-14(24-12(2)20)9-8-10-15(16)26-19(22)18(17)25-13(3)21/h5-6,8-10H,4,7,11H2,1-3H3. The third-order valence-corrected chi connectivity index (χ3v) is 3.24. The minimum Gasteiger partial charge on any atom is -0.488 e. The summed E-state index contributed by atoms with van der Waals surface area (Å²) >= 11 is 0. The van der Waals surface area contributed by atoms with Crippen LogP contribution in [0.25, 0.3) is 11.0 Å². The molecule has 0 spiro atoms. The van der Waals surface area contributed by atoms with Crippen molar-refractivity contribution in [3.8, 4) is 17.2 Å². The number of benzene rings is 1. The van der Waals surface area contributed by atoms with E-state index in [9.17, 15) is 14.4 Å². The van der Waals surface area contributed by atoms with E-state index in [1.807, 2.05) is 19.1 Å². The molecule has 2 aromatic rings. The largest absolute Gasteiger partial charge is 0.488 e. The molecule has 0 aliphatic rings. The van der Waals surface area contributed by atoms with Gasteiger partial charge in [0.15, 0.2) is 5.75 Å². The Labute approximate surface area is 150 Å². The Morgan fingerprint density at radius 1 is 1.08 bits per heavy atom. The summed E-state index contributed by atoms with van der Waals surface area (Å²) in [5.74, 6) is -1.46. The van der Waals surface area contributed by atoms with Crippen LogP contribution in [0, 0.1) is 0 Å². The molecule has 0 atom stereocenters. The average Bonchev–Trinajstić information content (AvgIpc) is 2.56. The Morgan fingerprint density at radius 2 is 1.81 bits per heavy atom. The van der Waals surface area contributed by atoms with Gasteiger partial charge >= 0.3 is 17.6 Å². The lowest BCUT2D eigenvalue weighted by molar-refractivity contribution is -0.133. The summed E-state index contributed by atoms with van der Waals surface area (Å²) in [5, 5.41) is 0.248. The monoisotopic (exact) mass is 360 g/mol. The molecule has 26 heavy (non-hydrogen) atoms. The minimum absolute atomic E-state index is 0.00759. The Balaban J connectivity index is 2.59. The van der Waals surface area contributed by atoms with Crippen LogP contribution >= 0.6 is 0 Å². The van der Waals surface area contributed by atoms with Crippen molar-refractivity contribution in [2.45, 2.75) is 33.6 Å². The maximum Gasteiger partial charge on any atom is 0.383 e. The van der Waals surface area contributed by atoms with E-state index in [-0.39, 0.29) is 34.8 Å². The average molecular weight is 360 g/mol. The number of rotatable bonds is 7. The fourth-order valence-corrected chi connectivity index (χ4v) is 2.30. The van der Waals surface area contributed by atoms with Crippen LogP contribution in [0.5, 0.6) is 17.2 Å². The maximum absolute atomic E-state index is 12.2. The molecule has 2 rings (SSSR count). The topological polar surface area (TPSA) is 92.0 Å². The minimum atomic E-state index is -0.855. The van der Waals surface area contributed by atoms with Gasteiger partial charge in [-0.2, -0.15) is 0 Å². The molecule has 0 fully saturated rings. The summed E-state index contributed by atoms with van der Waals surface area (Å²) in [6.45, 7) is 4.66. The molecule has 138 valence electrons. The molecule has 0 saturated carbocycles. The molecule has 1 aromatic carbocycles. The van der Waals surface area contributed by atoms with Crippen molar-refractivity contribution in [1.82, 2.24) is 0 Å². The Morgan fingerprint density at radius 3 is 2.46 bits per heavy atom. The number of hydrogen-bond donors (Lipinski definition) is 0. The van der Waals surface area contributed by atoms with E-state index >= 15 is 0 Å². The van der Waals surface area contributed by atoms with Crippen LogP contribution in [0.15, 0.2) is 39.6 Å². The van der Waals surface area contributed by atoms with Crippen LogP contribution in [0.1, 0.15) is 33.6 Å². The van der Waals surface area contributed by atoms with Crippen LogP contribution in [0.2, 0.25) is 0 Å². The fourth-order valence-electron chi connectivity index (χ4n) is 2.30. The van der Waals surface area contributed by atoms with E-state index in [0.29, 0.717) is 6.42 Å². The molecular weight excluding hydrogens is 340 g/mol. The summed E-state index contributed by atoms with van der Waals surface area (Å²) < 4.78 is 21.1. The number of carbonyl (C=O) groups is 2. The molecule has 0 aliphatic heterocycles. The van der Waals surface area contributed by atoms with Crippen molar-refractivity contribution in [2.75, 3.05) is 6.61 Å². The normalized spacial score (nSPS) is 10.9. The van der Waals surface area contributed by atoms with Gasteiger partial charge in [-0.15, -0.1) is 0 Å². The van der Waals surface area contributed by atoms with Gasteiger partial charge in [-0.3, -0.25) is 9.59 Å². The molecular formula is C19H20O7. The first kappa shape index (κ1) is 19.2. The van der Waals surface area contributed by atoms with Crippen molar-refractivity contribution in [3.05, 3.63) is 40.8 Å². The third kappa shape index (κ3) is 4.72. The first-order valence-electron chi connectivity index (χ1n) is 8.18. The van der Waals surface area contributed by atoms with Crippen molar-refractivity contribution in [2.24, 2.45) is 0 Å². The van der Waals surface area contributed by atoms with Crippen LogP contribution in [-0.2, 0) is 9.59 Å². The maximum atomic E-state index is 12.2. The summed E-state index contributed by atoms with van der Waals surface area (Å²) in [6, 6.07) is 4.64. The summed E-state index contributed by atoms with van der Waals surface area (Å²) in [4.78, 5) is 35.0. The lowest BCUT2D eigenvalue weighted by atomic mass is 10.2. The predicted molar refractivity (Wildman–Crippen MR) is 94.6 cm³/mol. The molecule has 0 aliphatic carbocycles. The lowest BCUT2D eigenvalue weighted by Crippen LogP contribution is -2.14. The summed E-state index contributed by atoms with van der Waals surface area (Å²) in [5.41, 5.74) is -0.699. The molecule has 0 unspecified atom stereocenters. The molecule has 0 N–H and O–H groups in total. The van der Waals surface area contributed by atoms with E-state index in [4.69, 9.17) is 18.6 Å². The van der Waals surface area contributed by atoms with Gasteiger partial charge in [0.25, 0.3) is 5.75 Å². The zero-order valence-corrected chi connectivity index (χ0v) is 14.9. The molecule has 7 heteroatoms. The first-order chi connectivity index (χ1) is 12.4. The van der Waals surface area contributed by atoms with Crippen molar-refractivity contribution >= 4 is 22.9 Å². The SMILES string of the molecule is CCC=CCCOc1c(OC(C)=O)c(=O)oc2cccc(OC(C)=O)c12. The Kier molecular flexibility index (Phi) is 6.54. The van der Waals surface area contributed by atoms with E-state index in [1.54, 1.807) is 6.07 Å². The highest BCUT2D eigenvalue weighted by molar-refractivity contribution is 5.93. The zero-order chi connectivity index (χ0) is 19.1. The van der Waals surface area contributed by atoms with Gasteiger partial charge < -0.3 is 18.6 Å². The van der Waals surface area contributed by atoms with Crippen LogP contribution in [0.4, 0.5) is 0 Å². The van der Waals surface area contributed by atoms with E-state index in [2.05, 4.69) is 0 Å². The molecule has 0 bridgehead atoms. The second-order valence-corrected chi connectivity index (χ2v) is 5.38. The van der Waals surface area contributed by atoms with Crippen molar-refractivity contribution < 1.29 is 28.2 Å². The number of fused-ring (bicyclic) bond motifs is 1. The second-order valence-electron chi connectivity index (χ2n) is 5.38. The quantitative estimate of drug-likeness (QED) is 0.246. The van der Waals surface area contributed by atoms with Crippen molar-refractivity contribution in [3.63, 3.8) is 0 Å². The molecule has 0 radical (unpaired) electrons. The van der Waals surface area contributed by atoms with E-state index < -0.39 is 17.6 Å². The predicted octanol–water partition coefficient (Wildman–Crippen LogP) is 3.38. The van der Waals surface area contributed by atoms with E-state index in [0.717, 1.165) is 13.3 Å². The second kappa shape index (κ2) is 8.84. The summed E-state index contributed by atoms with van der Waals surface area (Å²) in [6.07, 6.45) is 5.40. The number of allylic oxidation sites excluding steroid dienone is 1. The van der Waals surface area contributed by atoms with Gasteiger partial charge in [0.2, 0.25) is 0 Å². The zero-order valence-electron chi connectivity index (χ0n) is 14.9. The van der Waals surface area contributed by atoms with Gasteiger partial charge in [-0.25, -0.2) is 4.79 Å². The van der Waals surface area contributed by atoms with Crippen LogP contribution in [-0.4, -0.2) is 18.5 Å². The first-order valence-corrected chi connectivity index (χ1v) is 8.18. The molecule has 0 amide bonds. The Hall–Kier alpha value is -3.09. The molecule has 7 nitrogen and oxygen atoms in total. The lowest BCUT2D eigenvalue weighted by Gasteiger charge is -2.14. The van der Waals surface area contributed by atoms with E-state index in [1.165, 1.54) is 19.1 Å². The highest BCUT2D eigenvalue weighted by Gasteiger charge is 2.22. The highest BCUT2D eigenvalue weighted by atomic mass is 16.6. The van der Waals surface area contributed by atoms with Gasteiger partial charge in [0.1, 0.15) is 16.7 Å². The fraction of sp³-hybridized carbons (Fsp3) is 0.316. The molecule has 0 saturated heterocycles. The van der Waals surface area contributed by atoms with Crippen LogP contribution in [0.3, 0.4) is 0 Å². The number of hydrogen-bond acceptors (Lipinski definition) is 7.